The third-order valence-electron chi connectivity index (χ3n) is 3.88. The van der Waals surface area contributed by atoms with Gasteiger partial charge in [0.05, 0.1) is 6.07 Å². The maximum Gasteiger partial charge on any atom is 0.105 e. The number of nitriles is 1. The minimum Gasteiger partial charge on any atom is -0.305 e. The molecule has 1 saturated heterocycles. The lowest BCUT2D eigenvalue weighted by Crippen LogP contribution is -2.46. The molecule has 0 aromatic rings. The van der Waals surface area contributed by atoms with Crippen molar-refractivity contribution in [1.82, 2.24) is 15.1 Å². The molecule has 1 N–H and O–H groups in total. The lowest BCUT2D eigenvalue weighted by molar-refractivity contribution is 0.184. The van der Waals surface area contributed by atoms with Crippen molar-refractivity contribution in [1.29, 1.82) is 5.26 Å². The highest BCUT2D eigenvalue weighted by Gasteiger charge is 2.27. The van der Waals surface area contributed by atoms with Crippen LogP contribution < -0.4 is 5.32 Å². The number of likely N-dealkylation sites (N-methyl/N-ethyl adjacent to an activating group) is 1. The summed E-state index contributed by atoms with van der Waals surface area (Å²) >= 11 is 0. The van der Waals surface area contributed by atoms with Gasteiger partial charge in [-0.1, -0.05) is 0 Å². The summed E-state index contributed by atoms with van der Waals surface area (Å²) in [7, 11) is 4.05. The second kappa shape index (κ2) is 6.34. The second-order valence-corrected chi connectivity index (χ2v) is 5.44. The Morgan fingerprint density at radius 1 is 1.35 bits per heavy atom. The molecule has 0 radical (unpaired) electrons. The van der Waals surface area contributed by atoms with E-state index in [0.717, 1.165) is 26.1 Å². The first kappa shape index (κ1) is 14.4. The van der Waals surface area contributed by atoms with Gasteiger partial charge in [-0.25, -0.2) is 0 Å². The molecule has 1 fully saturated rings. The van der Waals surface area contributed by atoms with Crippen LogP contribution in [0.5, 0.6) is 0 Å². The SMILES string of the molecule is CNC(C)(C#N)CC(C)N1CCCN(C)CC1. The number of nitrogens with one attached hydrogen (secondary N) is 1. The molecule has 0 aliphatic carbocycles. The zero-order valence-electron chi connectivity index (χ0n) is 11.7. The first-order chi connectivity index (χ1) is 8.00. The molecule has 0 spiro atoms. The van der Waals surface area contributed by atoms with Crippen molar-refractivity contribution in [3.05, 3.63) is 0 Å². The van der Waals surface area contributed by atoms with Gasteiger partial charge >= 0.3 is 0 Å². The van der Waals surface area contributed by atoms with E-state index < -0.39 is 5.54 Å². The monoisotopic (exact) mass is 238 g/mol. The van der Waals surface area contributed by atoms with Gasteiger partial charge in [0, 0.05) is 19.1 Å². The highest BCUT2D eigenvalue weighted by atomic mass is 15.2. The van der Waals surface area contributed by atoms with Gasteiger partial charge in [-0.15, -0.1) is 0 Å². The Morgan fingerprint density at radius 3 is 2.65 bits per heavy atom. The Bertz CT molecular complexity index is 273. The molecule has 1 aliphatic heterocycles. The maximum absolute atomic E-state index is 9.19. The average Bonchev–Trinajstić information content (AvgIpc) is 2.54. The minimum atomic E-state index is -0.405. The van der Waals surface area contributed by atoms with Crippen LogP contribution in [0.4, 0.5) is 0 Å². The molecule has 1 heterocycles. The molecular formula is C13H26N4. The van der Waals surface area contributed by atoms with Gasteiger partial charge in [0.25, 0.3) is 0 Å². The topological polar surface area (TPSA) is 42.3 Å². The highest BCUT2D eigenvalue weighted by Crippen LogP contribution is 2.16. The van der Waals surface area contributed by atoms with E-state index in [0.29, 0.717) is 6.04 Å². The van der Waals surface area contributed by atoms with Crippen molar-refractivity contribution >= 4 is 0 Å². The van der Waals surface area contributed by atoms with Crippen LogP contribution in [0.3, 0.4) is 0 Å². The number of hydrogen-bond donors (Lipinski definition) is 1. The van der Waals surface area contributed by atoms with Gasteiger partial charge in [-0.05, 0) is 53.9 Å². The second-order valence-electron chi connectivity index (χ2n) is 5.44. The molecule has 17 heavy (non-hydrogen) atoms. The third kappa shape index (κ3) is 4.27. The van der Waals surface area contributed by atoms with Gasteiger partial charge in [-0.3, -0.25) is 4.90 Å². The number of hydrogen-bond acceptors (Lipinski definition) is 4. The lowest BCUT2D eigenvalue weighted by Gasteiger charge is -2.32. The molecule has 0 aromatic heterocycles. The van der Waals surface area contributed by atoms with E-state index in [1.807, 2.05) is 14.0 Å². The highest BCUT2D eigenvalue weighted by molar-refractivity contribution is 5.04. The van der Waals surface area contributed by atoms with Crippen molar-refractivity contribution < 1.29 is 0 Å². The van der Waals surface area contributed by atoms with Crippen molar-refractivity contribution in [3.8, 4) is 6.07 Å². The molecule has 4 nitrogen and oxygen atoms in total. The van der Waals surface area contributed by atoms with Gasteiger partial charge in [0.1, 0.15) is 5.54 Å². The van der Waals surface area contributed by atoms with Crippen LogP contribution in [0.15, 0.2) is 0 Å². The van der Waals surface area contributed by atoms with Crippen molar-refractivity contribution in [3.63, 3.8) is 0 Å². The van der Waals surface area contributed by atoms with Crippen LogP contribution in [0, 0.1) is 11.3 Å². The first-order valence-electron chi connectivity index (χ1n) is 6.53. The smallest absolute Gasteiger partial charge is 0.105 e. The average molecular weight is 238 g/mol. The molecule has 98 valence electrons. The molecule has 0 bridgehead atoms. The quantitative estimate of drug-likeness (QED) is 0.790. The fourth-order valence-corrected chi connectivity index (χ4v) is 2.43. The van der Waals surface area contributed by atoms with Crippen LogP contribution in [0.1, 0.15) is 26.7 Å². The summed E-state index contributed by atoms with van der Waals surface area (Å²) in [5, 5.41) is 12.3. The van der Waals surface area contributed by atoms with Crippen LogP contribution in [-0.4, -0.2) is 61.7 Å². The Balaban J connectivity index is 2.52. The van der Waals surface area contributed by atoms with E-state index in [-0.39, 0.29) is 0 Å². The summed E-state index contributed by atoms with van der Waals surface area (Å²) in [6.07, 6.45) is 2.10. The first-order valence-corrected chi connectivity index (χ1v) is 6.53. The van der Waals surface area contributed by atoms with Gasteiger partial charge < -0.3 is 10.2 Å². The molecule has 0 aromatic carbocycles. The Labute approximate surface area is 106 Å². The van der Waals surface area contributed by atoms with Gasteiger partial charge in [-0.2, -0.15) is 5.26 Å². The summed E-state index contributed by atoms with van der Waals surface area (Å²) in [5.41, 5.74) is -0.405. The summed E-state index contributed by atoms with van der Waals surface area (Å²) in [6, 6.07) is 2.83. The number of nitrogens with zero attached hydrogens (tertiary/aromatic N) is 3. The predicted molar refractivity (Wildman–Crippen MR) is 70.8 cm³/mol. The van der Waals surface area contributed by atoms with E-state index in [2.05, 4.69) is 35.2 Å². The van der Waals surface area contributed by atoms with E-state index in [1.54, 1.807) is 0 Å². The normalized spacial score (nSPS) is 24.6. The standard InChI is InChI=1S/C13H26N4/c1-12(10-13(2,11-14)15-3)17-7-5-6-16(4)8-9-17/h12,15H,5-10H2,1-4H3. The van der Waals surface area contributed by atoms with E-state index >= 15 is 0 Å². The van der Waals surface area contributed by atoms with Gasteiger partial charge in [0.15, 0.2) is 0 Å². The van der Waals surface area contributed by atoms with Crippen LogP contribution in [-0.2, 0) is 0 Å². The molecule has 0 amide bonds. The largest absolute Gasteiger partial charge is 0.305 e. The van der Waals surface area contributed by atoms with E-state index in [9.17, 15) is 5.26 Å². The maximum atomic E-state index is 9.19. The zero-order chi connectivity index (χ0) is 12.9. The molecule has 4 heteroatoms. The molecule has 1 rings (SSSR count). The van der Waals surface area contributed by atoms with Crippen LogP contribution in [0.25, 0.3) is 0 Å². The van der Waals surface area contributed by atoms with Crippen LogP contribution in [0.2, 0.25) is 0 Å². The summed E-state index contributed by atoms with van der Waals surface area (Å²) in [4.78, 5) is 4.89. The molecular weight excluding hydrogens is 212 g/mol. The minimum absolute atomic E-state index is 0.405. The Hall–Kier alpha value is -0.630. The van der Waals surface area contributed by atoms with E-state index in [1.165, 1.54) is 13.0 Å². The third-order valence-corrected chi connectivity index (χ3v) is 3.88. The van der Waals surface area contributed by atoms with E-state index in [4.69, 9.17) is 0 Å². The molecule has 0 saturated carbocycles. The summed E-state index contributed by atoms with van der Waals surface area (Å²) < 4.78 is 0. The van der Waals surface area contributed by atoms with Gasteiger partial charge in [0.2, 0.25) is 0 Å². The molecule has 2 atom stereocenters. The van der Waals surface area contributed by atoms with Crippen molar-refractivity contribution in [2.75, 3.05) is 40.3 Å². The fraction of sp³-hybridized carbons (Fsp3) is 0.923. The van der Waals surface area contributed by atoms with Crippen molar-refractivity contribution in [2.24, 2.45) is 0 Å². The fourth-order valence-electron chi connectivity index (χ4n) is 2.43. The number of rotatable bonds is 4. The predicted octanol–water partition coefficient (Wildman–Crippen LogP) is 0.904. The Kier molecular flexibility index (Phi) is 5.38. The lowest BCUT2D eigenvalue weighted by atomic mass is 9.94. The Morgan fingerprint density at radius 2 is 2.06 bits per heavy atom. The molecule has 2 unspecified atom stereocenters. The zero-order valence-corrected chi connectivity index (χ0v) is 11.7. The summed E-state index contributed by atoms with van der Waals surface area (Å²) in [5.74, 6) is 0. The van der Waals surface area contributed by atoms with Crippen LogP contribution >= 0.6 is 0 Å². The van der Waals surface area contributed by atoms with Crippen molar-refractivity contribution in [2.45, 2.75) is 38.3 Å². The molecule has 1 aliphatic rings. The summed E-state index contributed by atoms with van der Waals surface area (Å²) in [6.45, 7) is 8.79.